The number of aliphatic hydroxyl groups is 1. The Bertz CT molecular complexity index is 74.4. The van der Waals surface area contributed by atoms with Crippen LogP contribution in [0, 0.1) is 0 Å². The second-order valence-electron chi connectivity index (χ2n) is 1.45. The first-order chi connectivity index (χ1) is 3.83. The highest BCUT2D eigenvalue weighted by molar-refractivity contribution is 4.43. The lowest BCUT2D eigenvalue weighted by Gasteiger charge is -2.03. The van der Waals surface area contributed by atoms with Gasteiger partial charge in [-0.3, -0.25) is 4.74 Å². The van der Waals surface area contributed by atoms with Gasteiger partial charge in [0.2, 0.25) is 0 Å². The van der Waals surface area contributed by atoms with Crippen molar-refractivity contribution in [3.05, 3.63) is 0 Å². The zero-order valence-corrected chi connectivity index (χ0v) is 4.53. The molecule has 48 valence electrons. The highest BCUT2D eigenvalue weighted by Gasteiger charge is 2.22. The molecule has 0 saturated carbocycles. The minimum atomic E-state index is -0.819. The van der Waals surface area contributed by atoms with Gasteiger partial charge < -0.3 is 14.6 Å². The molecule has 1 N–H and O–H groups in total. The minimum absolute atomic E-state index is 0.193. The molecule has 0 aliphatic carbocycles. The lowest BCUT2D eigenvalue weighted by Crippen LogP contribution is -2.12. The predicted molar refractivity (Wildman–Crippen MR) is 23.8 cm³/mol. The molecule has 1 saturated heterocycles. The van der Waals surface area contributed by atoms with E-state index < -0.39 is 12.8 Å². The van der Waals surface area contributed by atoms with E-state index in [2.05, 4.69) is 9.47 Å². The maximum atomic E-state index is 8.60. The first-order valence-corrected chi connectivity index (χ1v) is 2.31. The van der Waals surface area contributed by atoms with Crippen LogP contribution < -0.4 is 0 Å². The van der Waals surface area contributed by atoms with E-state index in [1.807, 2.05) is 0 Å². The molecule has 4 nitrogen and oxygen atoms in total. The Morgan fingerprint density at radius 2 is 2.50 bits per heavy atom. The maximum Gasteiger partial charge on any atom is 0.273 e. The van der Waals surface area contributed by atoms with Crippen LogP contribution in [0.15, 0.2) is 0 Å². The second-order valence-corrected chi connectivity index (χ2v) is 1.45. The van der Waals surface area contributed by atoms with Crippen LogP contribution in [-0.2, 0) is 14.2 Å². The van der Waals surface area contributed by atoms with Gasteiger partial charge in [0.05, 0.1) is 0 Å². The Morgan fingerprint density at radius 1 is 1.75 bits per heavy atom. The SMILES string of the molecule is COC1OCC(O)O1. The third kappa shape index (κ3) is 1.16. The summed E-state index contributed by atoms with van der Waals surface area (Å²) in [6, 6.07) is 0. The van der Waals surface area contributed by atoms with E-state index in [0.29, 0.717) is 0 Å². The maximum absolute atomic E-state index is 8.60. The number of hydrogen-bond acceptors (Lipinski definition) is 4. The fourth-order valence-electron chi connectivity index (χ4n) is 0.491. The molecule has 1 rings (SSSR count). The van der Waals surface area contributed by atoms with Crippen LogP contribution in [0.4, 0.5) is 0 Å². The van der Waals surface area contributed by atoms with Crippen molar-refractivity contribution in [1.29, 1.82) is 0 Å². The second kappa shape index (κ2) is 2.41. The molecule has 0 radical (unpaired) electrons. The molecular formula is C4H8O4. The lowest BCUT2D eigenvalue weighted by atomic mass is 10.7. The van der Waals surface area contributed by atoms with Crippen LogP contribution in [0.25, 0.3) is 0 Å². The summed E-state index contributed by atoms with van der Waals surface area (Å²) in [5.41, 5.74) is 0. The molecule has 0 amide bonds. The average molecular weight is 120 g/mol. The van der Waals surface area contributed by atoms with E-state index in [1.54, 1.807) is 0 Å². The summed E-state index contributed by atoms with van der Waals surface area (Å²) >= 11 is 0. The number of ether oxygens (including phenoxy) is 3. The van der Waals surface area contributed by atoms with Gasteiger partial charge in [0.15, 0.2) is 6.29 Å². The van der Waals surface area contributed by atoms with Gasteiger partial charge in [-0.15, -0.1) is 0 Å². The van der Waals surface area contributed by atoms with Gasteiger partial charge in [0, 0.05) is 7.11 Å². The van der Waals surface area contributed by atoms with Crippen LogP contribution in [0.1, 0.15) is 0 Å². The van der Waals surface area contributed by atoms with Crippen LogP contribution in [0.2, 0.25) is 0 Å². The van der Waals surface area contributed by atoms with Crippen molar-refractivity contribution in [2.75, 3.05) is 13.7 Å². The molecule has 8 heavy (non-hydrogen) atoms. The van der Waals surface area contributed by atoms with Crippen molar-refractivity contribution >= 4 is 0 Å². The van der Waals surface area contributed by atoms with Gasteiger partial charge >= 0.3 is 0 Å². The fraction of sp³-hybridized carbons (Fsp3) is 1.00. The molecule has 2 unspecified atom stereocenters. The molecular weight excluding hydrogens is 112 g/mol. The summed E-state index contributed by atoms with van der Waals surface area (Å²) in [6.07, 6.45) is -0.819. The van der Waals surface area contributed by atoms with Crippen molar-refractivity contribution in [3.8, 4) is 0 Å². The molecule has 0 bridgehead atoms. The van der Waals surface area contributed by atoms with Crippen LogP contribution >= 0.6 is 0 Å². The Morgan fingerprint density at radius 3 is 2.75 bits per heavy atom. The normalized spacial score (nSPS) is 38.2. The summed E-state index contributed by atoms with van der Waals surface area (Å²) in [5.74, 6) is 0. The largest absolute Gasteiger partial charge is 0.366 e. The summed E-state index contributed by atoms with van der Waals surface area (Å²) in [7, 11) is 1.45. The highest BCUT2D eigenvalue weighted by Crippen LogP contribution is 2.08. The lowest BCUT2D eigenvalue weighted by molar-refractivity contribution is -0.241. The number of hydrogen-bond donors (Lipinski definition) is 1. The Hall–Kier alpha value is -0.160. The molecule has 0 aromatic carbocycles. The summed E-state index contributed by atoms with van der Waals surface area (Å²) in [4.78, 5) is 0. The number of rotatable bonds is 1. The highest BCUT2D eigenvalue weighted by atomic mass is 16.9. The van der Waals surface area contributed by atoms with Crippen molar-refractivity contribution < 1.29 is 19.3 Å². The quantitative estimate of drug-likeness (QED) is 0.496. The summed E-state index contributed by atoms with van der Waals surface area (Å²) < 4.78 is 13.9. The smallest absolute Gasteiger partial charge is 0.273 e. The molecule has 0 spiro atoms. The molecule has 4 heteroatoms. The summed E-state index contributed by atoms with van der Waals surface area (Å²) in [5, 5.41) is 8.60. The zero-order valence-electron chi connectivity index (χ0n) is 4.53. The Balaban J connectivity index is 2.22. The fourth-order valence-corrected chi connectivity index (χ4v) is 0.491. The van der Waals surface area contributed by atoms with E-state index in [0.717, 1.165) is 0 Å². The monoisotopic (exact) mass is 120 g/mol. The molecule has 2 atom stereocenters. The first kappa shape index (κ1) is 5.97. The van der Waals surface area contributed by atoms with Crippen molar-refractivity contribution in [3.63, 3.8) is 0 Å². The molecule has 1 fully saturated rings. The van der Waals surface area contributed by atoms with Crippen molar-refractivity contribution in [2.45, 2.75) is 12.8 Å². The van der Waals surface area contributed by atoms with Gasteiger partial charge in [-0.25, -0.2) is 0 Å². The molecule has 1 heterocycles. The Labute approximate surface area is 47.0 Å². The third-order valence-corrected chi connectivity index (χ3v) is 0.836. The molecule has 0 aromatic heterocycles. The van der Waals surface area contributed by atoms with E-state index in [9.17, 15) is 0 Å². The zero-order chi connectivity index (χ0) is 5.98. The van der Waals surface area contributed by atoms with Gasteiger partial charge in [0.25, 0.3) is 6.48 Å². The predicted octanol–water partition coefficient (Wildman–Crippen LogP) is -0.718. The van der Waals surface area contributed by atoms with Gasteiger partial charge in [-0.1, -0.05) is 0 Å². The summed E-state index contributed by atoms with van der Waals surface area (Å²) in [6.45, 7) is -0.483. The Kier molecular flexibility index (Phi) is 1.80. The van der Waals surface area contributed by atoms with E-state index in [4.69, 9.17) is 9.84 Å². The topological polar surface area (TPSA) is 47.9 Å². The van der Waals surface area contributed by atoms with Crippen LogP contribution in [0.3, 0.4) is 0 Å². The van der Waals surface area contributed by atoms with E-state index in [1.165, 1.54) is 7.11 Å². The molecule has 1 aliphatic heterocycles. The van der Waals surface area contributed by atoms with Gasteiger partial charge in [-0.2, -0.15) is 0 Å². The molecule has 1 aliphatic rings. The first-order valence-electron chi connectivity index (χ1n) is 2.31. The van der Waals surface area contributed by atoms with Crippen molar-refractivity contribution in [2.24, 2.45) is 0 Å². The third-order valence-electron chi connectivity index (χ3n) is 0.836. The standard InChI is InChI=1S/C4H8O4/c1-6-4-7-2-3(5)8-4/h3-5H,2H2,1H3. The van der Waals surface area contributed by atoms with E-state index >= 15 is 0 Å². The van der Waals surface area contributed by atoms with E-state index in [-0.39, 0.29) is 6.61 Å². The van der Waals surface area contributed by atoms with Crippen LogP contribution in [-0.4, -0.2) is 31.6 Å². The average Bonchev–Trinajstić information content (AvgIpc) is 2.14. The van der Waals surface area contributed by atoms with Crippen molar-refractivity contribution in [1.82, 2.24) is 0 Å². The number of aliphatic hydroxyl groups excluding tert-OH is 1. The van der Waals surface area contributed by atoms with Crippen LogP contribution in [0.5, 0.6) is 0 Å². The number of methoxy groups -OCH3 is 1. The van der Waals surface area contributed by atoms with Gasteiger partial charge in [0.1, 0.15) is 6.61 Å². The van der Waals surface area contributed by atoms with Gasteiger partial charge in [-0.05, 0) is 0 Å². The minimum Gasteiger partial charge on any atom is -0.366 e. The molecule has 0 aromatic rings.